The van der Waals surface area contributed by atoms with Crippen LogP contribution in [0.25, 0.3) is 0 Å². The molecule has 104 valence electrons. The zero-order valence-corrected chi connectivity index (χ0v) is 12.6. The molecular weight excluding hydrogens is 250 g/mol. The van der Waals surface area contributed by atoms with Crippen molar-refractivity contribution in [2.45, 2.75) is 38.6 Å². The van der Waals surface area contributed by atoms with Gasteiger partial charge in [-0.25, -0.2) is 4.98 Å². The summed E-state index contributed by atoms with van der Waals surface area (Å²) in [4.78, 5) is 4.44. The van der Waals surface area contributed by atoms with Crippen molar-refractivity contribution in [3.8, 4) is 0 Å². The van der Waals surface area contributed by atoms with E-state index in [2.05, 4.69) is 10.3 Å². The van der Waals surface area contributed by atoms with Gasteiger partial charge in [0, 0.05) is 48.2 Å². The van der Waals surface area contributed by atoms with Crippen LogP contribution in [0.15, 0.2) is 6.20 Å². The van der Waals surface area contributed by atoms with E-state index in [1.54, 1.807) is 13.4 Å². The minimum Gasteiger partial charge on any atom is -0.383 e. The Morgan fingerprint density at radius 2 is 2.22 bits per heavy atom. The Kier molecular flexibility index (Phi) is 5.81. The third-order valence-electron chi connectivity index (χ3n) is 2.71. The number of anilines is 1. The van der Waals surface area contributed by atoms with Gasteiger partial charge in [-0.2, -0.15) is 0 Å². The minimum atomic E-state index is -0.827. The van der Waals surface area contributed by atoms with Crippen LogP contribution in [0.1, 0.15) is 19.5 Å². The molecule has 1 N–H and O–H groups in total. The highest BCUT2D eigenvalue weighted by Gasteiger charge is 2.13. The first-order valence-electron chi connectivity index (χ1n) is 6.05. The molecular formula is C12H23N3O2S. The Balaban J connectivity index is 2.76. The van der Waals surface area contributed by atoms with Gasteiger partial charge in [-0.15, -0.1) is 0 Å². The zero-order chi connectivity index (χ0) is 13.7. The maximum absolute atomic E-state index is 11.4. The Bertz CT molecular complexity index is 406. The second kappa shape index (κ2) is 6.89. The molecule has 6 heteroatoms. The molecule has 1 aromatic heterocycles. The fraction of sp³-hybridized carbons (Fsp3) is 0.750. The molecule has 0 aromatic carbocycles. The third kappa shape index (κ3) is 4.42. The monoisotopic (exact) mass is 273 g/mol. The summed E-state index contributed by atoms with van der Waals surface area (Å²) in [5.41, 5.74) is 0.955. The highest BCUT2D eigenvalue weighted by Crippen LogP contribution is 2.12. The Morgan fingerprint density at radius 3 is 2.78 bits per heavy atom. The number of imidazole rings is 1. The molecule has 0 amide bonds. The smallest absolute Gasteiger partial charge is 0.203 e. The molecule has 0 fully saturated rings. The molecule has 18 heavy (non-hydrogen) atoms. The van der Waals surface area contributed by atoms with Crippen LogP contribution in [0.5, 0.6) is 0 Å². The second-order valence-corrected chi connectivity index (χ2v) is 6.47. The van der Waals surface area contributed by atoms with Gasteiger partial charge in [-0.1, -0.05) is 0 Å². The van der Waals surface area contributed by atoms with E-state index in [4.69, 9.17) is 4.74 Å². The normalized spacial score (nSPS) is 16.3. The molecule has 0 saturated heterocycles. The Labute approximate surface area is 111 Å². The summed E-state index contributed by atoms with van der Waals surface area (Å²) >= 11 is 0. The van der Waals surface area contributed by atoms with Crippen molar-refractivity contribution in [2.75, 3.05) is 25.3 Å². The molecule has 3 unspecified atom stereocenters. The molecule has 0 bridgehead atoms. The van der Waals surface area contributed by atoms with Gasteiger partial charge in [-0.05, 0) is 20.8 Å². The van der Waals surface area contributed by atoms with E-state index in [9.17, 15) is 4.21 Å². The maximum Gasteiger partial charge on any atom is 0.203 e. The third-order valence-corrected chi connectivity index (χ3v) is 3.99. The highest BCUT2D eigenvalue weighted by molar-refractivity contribution is 7.84. The molecule has 0 aliphatic carbocycles. The largest absolute Gasteiger partial charge is 0.383 e. The SMILES string of the molecule is COCC(C)Nc1nc(C)cn1CC(C)S(C)=O. The molecule has 0 saturated carbocycles. The molecule has 0 radical (unpaired) electrons. The number of nitrogens with one attached hydrogen (secondary N) is 1. The van der Waals surface area contributed by atoms with Gasteiger partial charge < -0.3 is 14.6 Å². The van der Waals surface area contributed by atoms with Crippen LogP contribution in [0.2, 0.25) is 0 Å². The van der Waals surface area contributed by atoms with Crippen LogP contribution in [-0.4, -0.2) is 45.0 Å². The predicted molar refractivity (Wildman–Crippen MR) is 75.5 cm³/mol. The van der Waals surface area contributed by atoms with Gasteiger partial charge in [-0.3, -0.25) is 4.21 Å². The second-order valence-electron chi connectivity index (χ2n) is 4.67. The van der Waals surface area contributed by atoms with Crippen LogP contribution in [0.3, 0.4) is 0 Å². The Hall–Kier alpha value is -0.880. The lowest BCUT2D eigenvalue weighted by Gasteiger charge is -2.16. The zero-order valence-electron chi connectivity index (χ0n) is 11.8. The minimum absolute atomic E-state index is 0.108. The first kappa shape index (κ1) is 15.2. The van der Waals surface area contributed by atoms with Crippen molar-refractivity contribution in [3.63, 3.8) is 0 Å². The topological polar surface area (TPSA) is 56.1 Å². The van der Waals surface area contributed by atoms with Gasteiger partial charge in [0.15, 0.2) is 0 Å². The molecule has 1 aromatic rings. The molecule has 3 atom stereocenters. The molecule has 0 aliphatic rings. The van der Waals surface area contributed by atoms with E-state index in [0.717, 1.165) is 11.6 Å². The van der Waals surface area contributed by atoms with Crippen molar-refractivity contribution >= 4 is 16.7 Å². The molecule has 0 aliphatic heterocycles. The summed E-state index contributed by atoms with van der Waals surface area (Å²) in [5, 5.41) is 3.41. The summed E-state index contributed by atoms with van der Waals surface area (Å²) in [5.74, 6) is 0.814. The first-order valence-corrected chi connectivity index (χ1v) is 7.67. The quantitative estimate of drug-likeness (QED) is 0.816. The van der Waals surface area contributed by atoms with Gasteiger partial charge in [0.05, 0.1) is 12.3 Å². The fourth-order valence-corrected chi connectivity index (χ4v) is 2.07. The van der Waals surface area contributed by atoms with Crippen molar-refractivity contribution < 1.29 is 8.95 Å². The summed E-state index contributed by atoms with van der Waals surface area (Å²) < 4.78 is 18.5. The van der Waals surface area contributed by atoms with Gasteiger partial charge in [0.1, 0.15) is 0 Å². The number of aryl methyl sites for hydroxylation is 1. The van der Waals surface area contributed by atoms with E-state index in [1.165, 1.54) is 0 Å². The molecule has 0 spiro atoms. The lowest BCUT2D eigenvalue weighted by Crippen LogP contribution is -2.25. The van der Waals surface area contributed by atoms with Crippen LogP contribution in [0, 0.1) is 6.92 Å². The van der Waals surface area contributed by atoms with Crippen molar-refractivity contribution in [3.05, 3.63) is 11.9 Å². The standard InChI is InChI=1S/C12H23N3O2S/c1-9-6-15(7-11(3)18(5)16)12(13-9)14-10(2)8-17-4/h6,10-11H,7-8H2,1-5H3,(H,13,14). The average Bonchev–Trinajstić information content (AvgIpc) is 2.58. The Morgan fingerprint density at radius 1 is 1.56 bits per heavy atom. The van der Waals surface area contributed by atoms with Gasteiger partial charge in [0.2, 0.25) is 5.95 Å². The molecule has 1 rings (SSSR count). The predicted octanol–water partition coefficient (Wildman–Crippen LogP) is 1.41. The highest BCUT2D eigenvalue weighted by atomic mass is 32.2. The number of methoxy groups -OCH3 is 1. The number of hydrogen-bond acceptors (Lipinski definition) is 4. The first-order chi connectivity index (χ1) is 8.43. The van der Waals surface area contributed by atoms with Crippen molar-refractivity contribution in [1.29, 1.82) is 0 Å². The van der Waals surface area contributed by atoms with E-state index in [0.29, 0.717) is 13.2 Å². The number of ether oxygens (including phenoxy) is 1. The van der Waals surface area contributed by atoms with Gasteiger partial charge >= 0.3 is 0 Å². The fourth-order valence-electron chi connectivity index (χ4n) is 1.70. The number of rotatable bonds is 7. The van der Waals surface area contributed by atoms with E-state index < -0.39 is 10.8 Å². The number of aromatic nitrogens is 2. The maximum atomic E-state index is 11.4. The lowest BCUT2D eigenvalue weighted by molar-refractivity contribution is 0.190. The average molecular weight is 273 g/mol. The summed E-state index contributed by atoms with van der Waals surface area (Å²) in [6.07, 6.45) is 3.71. The summed E-state index contributed by atoms with van der Waals surface area (Å²) in [6.45, 7) is 7.30. The lowest BCUT2D eigenvalue weighted by atomic mass is 10.4. The van der Waals surface area contributed by atoms with Crippen LogP contribution in [0.4, 0.5) is 5.95 Å². The van der Waals surface area contributed by atoms with Crippen LogP contribution < -0.4 is 5.32 Å². The van der Waals surface area contributed by atoms with Crippen molar-refractivity contribution in [1.82, 2.24) is 9.55 Å². The molecule has 1 heterocycles. The number of nitrogens with zero attached hydrogens (tertiary/aromatic N) is 2. The van der Waals surface area contributed by atoms with Crippen LogP contribution >= 0.6 is 0 Å². The molecule has 5 nitrogen and oxygen atoms in total. The van der Waals surface area contributed by atoms with E-state index in [1.807, 2.05) is 31.5 Å². The summed E-state index contributed by atoms with van der Waals surface area (Å²) in [6, 6.07) is 0.193. The number of hydrogen-bond donors (Lipinski definition) is 1. The summed E-state index contributed by atoms with van der Waals surface area (Å²) in [7, 11) is 0.852. The van der Waals surface area contributed by atoms with E-state index >= 15 is 0 Å². The van der Waals surface area contributed by atoms with Crippen LogP contribution in [-0.2, 0) is 22.1 Å². The van der Waals surface area contributed by atoms with E-state index in [-0.39, 0.29) is 11.3 Å². The van der Waals surface area contributed by atoms with Gasteiger partial charge in [0.25, 0.3) is 0 Å². The van der Waals surface area contributed by atoms with Crippen molar-refractivity contribution in [2.24, 2.45) is 0 Å².